The van der Waals surface area contributed by atoms with Gasteiger partial charge in [0.05, 0.1) is 36.3 Å². The molecule has 4 rings (SSSR count). The number of amides is 1. The Balaban J connectivity index is 1.32. The second-order valence-corrected chi connectivity index (χ2v) is 9.21. The molecule has 0 atom stereocenters. The van der Waals surface area contributed by atoms with Crippen LogP contribution in [0.1, 0.15) is 34.1 Å². The number of nitrogens with one attached hydrogen (secondary N) is 2. The maximum absolute atomic E-state index is 12.8. The molecule has 0 saturated heterocycles. The van der Waals surface area contributed by atoms with Gasteiger partial charge in [0.15, 0.2) is 5.16 Å². The van der Waals surface area contributed by atoms with Crippen LogP contribution in [0, 0.1) is 0 Å². The Labute approximate surface area is 213 Å². The summed E-state index contributed by atoms with van der Waals surface area (Å²) in [6.45, 7) is 4.06. The maximum atomic E-state index is 12.8. The Kier molecular flexibility index (Phi) is 8.40. The highest BCUT2D eigenvalue weighted by Crippen LogP contribution is 2.21. The number of aromatic nitrogens is 2. The summed E-state index contributed by atoms with van der Waals surface area (Å²) in [6.07, 6.45) is 0.662. The van der Waals surface area contributed by atoms with E-state index in [2.05, 4.69) is 20.2 Å². The van der Waals surface area contributed by atoms with Crippen LogP contribution < -0.4 is 15.6 Å². The van der Waals surface area contributed by atoms with E-state index in [1.54, 1.807) is 38.3 Å². The molecule has 0 aliphatic carbocycles. The monoisotopic (exact) mass is 508 g/mol. The normalized spacial score (nSPS) is 13.1. The van der Waals surface area contributed by atoms with Crippen LogP contribution in [-0.2, 0) is 29.0 Å². The first-order valence-electron chi connectivity index (χ1n) is 11.6. The van der Waals surface area contributed by atoms with Crippen molar-refractivity contribution >= 4 is 29.3 Å². The van der Waals surface area contributed by atoms with E-state index < -0.39 is 5.97 Å². The molecule has 2 aromatic carbocycles. The van der Waals surface area contributed by atoms with Gasteiger partial charge >= 0.3 is 5.97 Å². The van der Waals surface area contributed by atoms with Crippen LogP contribution in [0.4, 0.5) is 5.69 Å². The third-order valence-electron chi connectivity index (χ3n) is 5.69. The minimum atomic E-state index is -0.406. The van der Waals surface area contributed by atoms with Gasteiger partial charge in [-0.25, -0.2) is 9.78 Å². The number of thioether (sulfide) groups is 1. The first kappa shape index (κ1) is 25.5. The second kappa shape index (κ2) is 11.9. The lowest BCUT2D eigenvalue weighted by Gasteiger charge is -2.27. The number of hydrogen-bond donors (Lipinski definition) is 2. The number of benzene rings is 2. The van der Waals surface area contributed by atoms with Gasteiger partial charge < -0.3 is 19.8 Å². The molecule has 1 aliphatic rings. The molecule has 0 radical (unpaired) electrons. The van der Waals surface area contributed by atoms with Crippen molar-refractivity contribution < 1.29 is 19.1 Å². The largest absolute Gasteiger partial charge is 0.497 e. The molecule has 0 unspecified atom stereocenters. The van der Waals surface area contributed by atoms with Crippen LogP contribution in [0.15, 0.2) is 58.5 Å². The number of carbonyl (C=O) groups is 2. The molecule has 1 aromatic heterocycles. The quantitative estimate of drug-likeness (QED) is 0.257. The first-order chi connectivity index (χ1) is 17.4. The minimum absolute atomic E-state index is 0.0866. The fourth-order valence-electron chi connectivity index (χ4n) is 3.93. The highest BCUT2D eigenvalue weighted by molar-refractivity contribution is 7.99. The van der Waals surface area contributed by atoms with Gasteiger partial charge in [0.25, 0.3) is 5.56 Å². The number of carbonyl (C=O) groups excluding carboxylic acids is 2. The van der Waals surface area contributed by atoms with Crippen molar-refractivity contribution in [2.24, 2.45) is 0 Å². The average Bonchev–Trinajstić information content (AvgIpc) is 2.88. The van der Waals surface area contributed by atoms with Crippen molar-refractivity contribution in [1.82, 2.24) is 14.9 Å². The van der Waals surface area contributed by atoms with Crippen molar-refractivity contribution in [2.75, 3.05) is 31.3 Å². The third-order valence-corrected chi connectivity index (χ3v) is 6.56. The van der Waals surface area contributed by atoms with Crippen molar-refractivity contribution in [2.45, 2.75) is 31.6 Å². The van der Waals surface area contributed by atoms with Crippen LogP contribution >= 0.6 is 11.8 Å². The fraction of sp³-hybridized carbons (Fsp3) is 0.308. The Morgan fingerprint density at radius 3 is 2.75 bits per heavy atom. The minimum Gasteiger partial charge on any atom is -0.497 e. The van der Waals surface area contributed by atoms with Crippen LogP contribution in [0.2, 0.25) is 0 Å². The first-order valence-corrected chi connectivity index (χ1v) is 12.6. The second-order valence-electron chi connectivity index (χ2n) is 8.24. The van der Waals surface area contributed by atoms with E-state index >= 15 is 0 Å². The Morgan fingerprint density at radius 1 is 1.19 bits per heavy atom. The molecule has 188 valence electrons. The van der Waals surface area contributed by atoms with Crippen molar-refractivity contribution in [3.8, 4) is 5.75 Å². The van der Waals surface area contributed by atoms with Crippen LogP contribution in [0.25, 0.3) is 0 Å². The Bertz CT molecular complexity index is 1290. The summed E-state index contributed by atoms with van der Waals surface area (Å²) in [6, 6.07) is 14.4. The van der Waals surface area contributed by atoms with E-state index in [1.165, 1.54) is 11.8 Å². The van der Waals surface area contributed by atoms with E-state index in [9.17, 15) is 14.4 Å². The molecule has 0 bridgehead atoms. The van der Waals surface area contributed by atoms with Gasteiger partial charge in [0.2, 0.25) is 5.91 Å². The molecule has 1 aliphatic heterocycles. The van der Waals surface area contributed by atoms with E-state index in [1.807, 2.05) is 24.3 Å². The molecule has 2 heterocycles. The van der Waals surface area contributed by atoms with Gasteiger partial charge in [-0.3, -0.25) is 14.5 Å². The number of nitrogens with zero attached hydrogens (tertiary/aromatic N) is 2. The molecule has 1 amide bonds. The number of fused-ring (bicyclic) bond motifs is 1. The average molecular weight is 509 g/mol. The third kappa shape index (κ3) is 6.52. The SMILES string of the molecule is CCOC(=O)c1ccc(NC(=O)CSc2nc3c(c(=O)[nH]2)CN(Cc2cccc(OC)c2)CC3)cc1. The fourth-order valence-corrected chi connectivity index (χ4v) is 4.61. The number of anilines is 1. The smallest absolute Gasteiger partial charge is 0.338 e. The van der Waals surface area contributed by atoms with Gasteiger partial charge in [-0.2, -0.15) is 0 Å². The van der Waals surface area contributed by atoms with Crippen LogP contribution in [-0.4, -0.2) is 52.8 Å². The van der Waals surface area contributed by atoms with E-state index in [4.69, 9.17) is 9.47 Å². The summed E-state index contributed by atoms with van der Waals surface area (Å²) >= 11 is 1.18. The van der Waals surface area contributed by atoms with Crippen molar-refractivity contribution in [1.29, 1.82) is 0 Å². The van der Waals surface area contributed by atoms with Crippen LogP contribution in [0.3, 0.4) is 0 Å². The number of H-pyrrole nitrogens is 1. The van der Waals surface area contributed by atoms with Gasteiger partial charge in [-0.1, -0.05) is 23.9 Å². The summed E-state index contributed by atoms with van der Waals surface area (Å²) in [5.41, 5.74) is 3.38. The lowest BCUT2D eigenvalue weighted by atomic mass is 10.1. The van der Waals surface area contributed by atoms with Crippen LogP contribution in [0.5, 0.6) is 5.75 Å². The predicted octanol–water partition coefficient (Wildman–Crippen LogP) is 3.24. The molecule has 9 nitrogen and oxygen atoms in total. The summed E-state index contributed by atoms with van der Waals surface area (Å²) < 4.78 is 10.2. The number of rotatable bonds is 9. The highest BCUT2D eigenvalue weighted by Gasteiger charge is 2.22. The highest BCUT2D eigenvalue weighted by atomic mass is 32.2. The Hall–Kier alpha value is -3.63. The van der Waals surface area contributed by atoms with E-state index in [-0.39, 0.29) is 17.2 Å². The lowest BCUT2D eigenvalue weighted by Crippen LogP contribution is -2.35. The zero-order valence-corrected chi connectivity index (χ0v) is 21.0. The standard InChI is InChI=1S/C26H28N4O5S/c1-3-35-25(33)18-7-9-19(10-8-18)27-23(31)16-36-26-28-22-11-12-30(15-21(22)24(32)29-26)14-17-5-4-6-20(13-17)34-2/h4-10,13H,3,11-12,14-16H2,1-2H3,(H,27,31)(H,28,29,32). The molecule has 36 heavy (non-hydrogen) atoms. The molecule has 10 heteroatoms. The van der Waals surface area contributed by atoms with Gasteiger partial charge in [0.1, 0.15) is 5.75 Å². The maximum Gasteiger partial charge on any atom is 0.338 e. The zero-order chi connectivity index (χ0) is 25.5. The van der Waals surface area contributed by atoms with Crippen molar-refractivity contribution in [3.05, 3.63) is 81.3 Å². The predicted molar refractivity (Wildman–Crippen MR) is 137 cm³/mol. The zero-order valence-electron chi connectivity index (χ0n) is 20.2. The summed E-state index contributed by atoms with van der Waals surface area (Å²) in [7, 11) is 1.64. The van der Waals surface area contributed by atoms with Gasteiger partial charge in [-0.05, 0) is 48.9 Å². The molecule has 2 N–H and O–H groups in total. The summed E-state index contributed by atoms with van der Waals surface area (Å²) in [4.78, 5) is 46.5. The van der Waals surface area contributed by atoms with Gasteiger partial charge in [-0.15, -0.1) is 0 Å². The van der Waals surface area contributed by atoms with Gasteiger partial charge in [0, 0.05) is 31.7 Å². The van der Waals surface area contributed by atoms with E-state index in [0.29, 0.717) is 48.1 Å². The Morgan fingerprint density at radius 2 is 2.00 bits per heavy atom. The number of esters is 1. The van der Waals surface area contributed by atoms with Crippen molar-refractivity contribution in [3.63, 3.8) is 0 Å². The molecule has 0 saturated carbocycles. The number of hydrogen-bond acceptors (Lipinski definition) is 8. The number of aromatic amines is 1. The molecular weight excluding hydrogens is 480 g/mol. The molecule has 3 aromatic rings. The topological polar surface area (TPSA) is 114 Å². The summed E-state index contributed by atoms with van der Waals surface area (Å²) in [5.74, 6) is 0.248. The molecule has 0 spiro atoms. The number of methoxy groups -OCH3 is 1. The summed E-state index contributed by atoms with van der Waals surface area (Å²) in [5, 5.41) is 3.20. The number of ether oxygens (including phenoxy) is 2. The molecular formula is C26H28N4O5S. The molecule has 0 fully saturated rings. The van der Waals surface area contributed by atoms with E-state index in [0.717, 1.165) is 23.6 Å². The lowest BCUT2D eigenvalue weighted by molar-refractivity contribution is -0.113.